The number of pyridine rings is 1. The van der Waals surface area contributed by atoms with Crippen molar-refractivity contribution >= 4 is 5.91 Å². The van der Waals surface area contributed by atoms with Crippen LogP contribution in [0, 0.1) is 54.4 Å². The molecule has 55 valence electrons. The van der Waals surface area contributed by atoms with E-state index >= 15 is 0 Å². The molecule has 0 saturated carbocycles. The molecule has 3 nitrogen and oxygen atoms in total. The number of amides is 1. The van der Waals surface area contributed by atoms with Gasteiger partial charge in [-0.05, 0) is 6.20 Å². The van der Waals surface area contributed by atoms with Crippen LogP contribution in [0.25, 0.3) is 0 Å². The van der Waals surface area contributed by atoms with E-state index in [1.165, 1.54) is 0 Å². The Bertz CT molecular complexity index is 262. The van der Waals surface area contributed by atoms with Crippen LogP contribution in [0.4, 0.5) is 0 Å². The Hall–Kier alpha value is -0.0164. The van der Waals surface area contributed by atoms with Crippen LogP contribution in [-0.4, -0.2) is 10.9 Å². The minimum Gasteiger partial charge on any atom is -0.404 e. The Kier molecular flexibility index (Phi) is 4.77. The smallest absolute Gasteiger partial charge is 0.164 e. The van der Waals surface area contributed by atoms with Crippen LogP contribution in [0.1, 0.15) is 15.9 Å². The van der Waals surface area contributed by atoms with Crippen molar-refractivity contribution in [1.29, 1.82) is 0 Å². The van der Waals surface area contributed by atoms with Crippen LogP contribution in [0.5, 0.6) is 0 Å². The van der Waals surface area contributed by atoms with Crippen LogP contribution in [0.2, 0.25) is 0 Å². The zero-order chi connectivity index (χ0) is 7.56. The molecule has 1 heterocycles. The van der Waals surface area contributed by atoms with Gasteiger partial charge in [0.15, 0.2) is 5.91 Å². The molecular formula is C7H7N2OPr-. The molecule has 0 saturated heterocycles. The normalized spacial score (nSPS) is 8.45. The van der Waals surface area contributed by atoms with Gasteiger partial charge in [-0.25, -0.2) is 0 Å². The van der Waals surface area contributed by atoms with Crippen LogP contribution >= 0.6 is 0 Å². The summed E-state index contributed by atoms with van der Waals surface area (Å²) in [6, 6.07) is 1.72. The number of hydrogen-bond acceptors (Lipinski definition) is 2. The van der Waals surface area contributed by atoms with Crippen molar-refractivity contribution in [1.82, 2.24) is 4.98 Å². The van der Waals surface area contributed by atoms with E-state index in [4.69, 9.17) is 5.73 Å². The van der Waals surface area contributed by atoms with Gasteiger partial charge in [0.1, 0.15) is 0 Å². The molecule has 1 rings (SSSR count). The molecule has 0 aliphatic heterocycles. The molecule has 1 aromatic rings. The van der Waals surface area contributed by atoms with Gasteiger partial charge in [-0.3, -0.25) is 0 Å². The second-order valence-corrected chi connectivity index (χ2v) is 1.98. The van der Waals surface area contributed by atoms with Gasteiger partial charge in [0, 0.05) is 41.3 Å². The van der Waals surface area contributed by atoms with E-state index in [9.17, 15) is 4.79 Å². The van der Waals surface area contributed by atoms with E-state index in [1.807, 2.05) is 0 Å². The summed E-state index contributed by atoms with van der Waals surface area (Å²) < 4.78 is 0. The van der Waals surface area contributed by atoms with E-state index < -0.39 is 5.91 Å². The van der Waals surface area contributed by atoms with Crippen molar-refractivity contribution in [3.05, 3.63) is 29.6 Å². The molecule has 1 radical (unpaired) electrons. The van der Waals surface area contributed by atoms with E-state index in [0.29, 0.717) is 5.56 Å². The molecule has 0 atom stereocenters. The Balaban J connectivity index is 0.000001000. The van der Waals surface area contributed by atoms with Crippen molar-refractivity contribution in [2.24, 2.45) is 5.73 Å². The number of nitrogens with zero attached hydrogens (tertiary/aromatic N) is 1. The molecule has 0 fully saturated rings. The summed E-state index contributed by atoms with van der Waals surface area (Å²) in [7, 11) is 0. The summed E-state index contributed by atoms with van der Waals surface area (Å²) in [6.45, 7) is 1.79. The van der Waals surface area contributed by atoms with Gasteiger partial charge in [0.2, 0.25) is 0 Å². The third-order valence-electron chi connectivity index (χ3n) is 1.22. The Morgan fingerprint density at radius 1 is 1.73 bits per heavy atom. The van der Waals surface area contributed by atoms with Crippen LogP contribution < -0.4 is 5.73 Å². The summed E-state index contributed by atoms with van der Waals surface area (Å²) in [5.74, 6) is -0.481. The number of primary amides is 1. The van der Waals surface area contributed by atoms with Gasteiger partial charge in [0.25, 0.3) is 0 Å². The fraction of sp³-hybridized carbons (Fsp3) is 0.143. The second kappa shape index (κ2) is 4.78. The number of nitrogens with two attached hydrogens (primary N) is 1. The molecule has 0 unspecified atom stereocenters. The maximum absolute atomic E-state index is 10.6. The van der Waals surface area contributed by atoms with Crippen molar-refractivity contribution in [3.8, 4) is 0 Å². The number of carbonyl (C=O) groups is 1. The summed E-state index contributed by atoms with van der Waals surface area (Å²) in [5, 5.41) is 0. The van der Waals surface area contributed by atoms with Gasteiger partial charge in [-0.15, -0.1) is 11.6 Å². The van der Waals surface area contributed by atoms with Crippen molar-refractivity contribution < 1.29 is 46.1 Å². The fourth-order valence-corrected chi connectivity index (χ4v) is 0.672. The Morgan fingerprint density at radius 3 is 2.73 bits per heavy atom. The molecule has 0 spiro atoms. The summed E-state index contributed by atoms with van der Waals surface area (Å²) >= 11 is 0. The molecule has 1 aromatic heterocycles. The first-order valence-corrected chi connectivity index (χ1v) is 2.85. The molecule has 0 aliphatic rings. The summed E-state index contributed by atoms with van der Waals surface area (Å²) in [4.78, 5) is 14.2. The molecular weight excluding hydrogens is 269 g/mol. The molecule has 2 N–H and O–H groups in total. The SMILES string of the molecule is Cc1ccn[c-]c1C(N)=O.[Pr]. The summed E-state index contributed by atoms with van der Waals surface area (Å²) in [5.41, 5.74) is 6.18. The standard InChI is InChI=1S/C7H7N2O.Pr/c1-5-2-3-9-4-6(5)7(8)10;/h2-3H,1H3,(H2,8,10);/q-1;. The van der Waals surface area contributed by atoms with E-state index in [-0.39, 0.29) is 41.3 Å². The number of rotatable bonds is 1. The maximum Gasteiger partial charge on any atom is 0.164 e. The first kappa shape index (κ1) is 11.0. The maximum atomic E-state index is 10.6. The van der Waals surface area contributed by atoms with Crippen LogP contribution in [-0.2, 0) is 0 Å². The van der Waals surface area contributed by atoms with E-state index in [2.05, 4.69) is 11.2 Å². The third kappa shape index (κ3) is 2.83. The molecule has 0 aliphatic carbocycles. The van der Waals surface area contributed by atoms with E-state index in [0.717, 1.165) is 5.56 Å². The van der Waals surface area contributed by atoms with Crippen molar-refractivity contribution in [2.45, 2.75) is 6.92 Å². The third-order valence-corrected chi connectivity index (χ3v) is 1.22. The monoisotopic (exact) mass is 276 g/mol. The van der Waals surface area contributed by atoms with Gasteiger partial charge in [0.05, 0.1) is 0 Å². The van der Waals surface area contributed by atoms with Gasteiger partial charge in [-0.2, -0.15) is 0 Å². The Labute approximate surface area is 98.3 Å². The first-order chi connectivity index (χ1) is 4.72. The molecule has 4 heteroatoms. The van der Waals surface area contributed by atoms with Crippen LogP contribution in [0.15, 0.2) is 12.3 Å². The van der Waals surface area contributed by atoms with Gasteiger partial charge >= 0.3 is 0 Å². The zero-order valence-corrected chi connectivity index (χ0v) is 9.87. The average molecular weight is 276 g/mol. The Morgan fingerprint density at radius 2 is 2.36 bits per heavy atom. The molecule has 11 heavy (non-hydrogen) atoms. The number of aromatic nitrogens is 1. The van der Waals surface area contributed by atoms with Crippen molar-refractivity contribution in [3.63, 3.8) is 0 Å². The minimum absolute atomic E-state index is 0. The predicted molar refractivity (Wildman–Crippen MR) is 36.3 cm³/mol. The minimum atomic E-state index is -0.481. The predicted octanol–water partition coefficient (Wildman–Crippen LogP) is 0.289. The zero-order valence-electron chi connectivity index (χ0n) is 6.16. The molecule has 1 amide bonds. The molecule has 0 aromatic carbocycles. The van der Waals surface area contributed by atoms with Gasteiger partial charge in [-0.1, -0.05) is 18.7 Å². The topological polar surface area (TPSA) is 56.0 Å². The number of carbonyl (C=O) groups excluding carboxylic acids is 1. The quantitative estimate of drug-likeness (QED) is 0.749. The average Bonchev–Trinajstić information content (AvgIpc) is 1.88. The number of hydrogen-bond donors (Lipinski definition) is 1. The van der Waals surface area contributed by atoms with Crippen molar-refractivity contribution in [2.75, 3.05) is 0 Å². The number of aryl methyl sites for hydroxylation is 1. The second-order valence-electron chi connectivity index (χ2n) is 1.98. The largest absolute Gasteiger partial charge is 0.404 e. The summed E-state index contributed by atoms with van der Waals surface area (Å²) in [6.07, 6.45) is 4.08. The first-order valence-electron chi connectivity index (χ1n) is 2.85. The fourth-order valence-electron chi connectivity index (χ4n) is 0.672. The molecule has 0 bridgehead atoms. The van der Waals surface area contributed by atoms with E-state index in [1.54, 1.807) is 19.2 Å². The van der Waals surface area contributed by atoms with Gasteiger partial charge < -0.3 is 15.5 Å². The van der Waals surface area contributed by atoms with Crippen LogP contribution in [0.3, 0.4) is 0 Å².